The molecule has 0 amide bonds. The van der Waals surface area contributed by atoms with Gasteiger partial charge in [-0.1, -0.05) is 298 Å². The third-order valence-electron chi connectivity index (χ3n) is 21.8. The van der Waals surface area contributed by atoms with E-state index in [1.54, 1.807) is 0 Å². The summed E-state index contributed by atoms with van der Waals surface area (Å²) >= 11 is 0. The first-order valence-corrected chi connectivity index (χ1v) is 36.7. The minimum Gasteiger partial charge on any atom is -0.458 e. The average Bonchev–Trinajstić information content (AvgIpc) is 1.13. The van der Waals surface area contributed by atoms with Crippen molar-refractivity contribution < 1.29 is 13.6 Å². The maximum absolute atomic E-state index is 8.19. The fourth-order valence-electron chi connectivity index (χ4n) is 15.9. The lowest BCUT2D eigenvalue weighted by molar-refractivity contribution is 0.489. The summed E-state index contributed by atoms with van der Waals surface area (Å²) in [6.45, 7) is 34.8. The predicted molar refractivity (Wildman–Crippen MR) is 438 cm³/mol. The molecule has 17 rings (SSSR count). The normalized spacial score (nSPS) is 13.2. The van der Waals surface area contributed by atoms with Crippen LogP contribution in [-0.4, -0.2) is 6.71 Å². The van der Waals surface area contributed by atoms with Crippen molar-refractivity contribution in [3.8, 4) is 89.4 Å². The van der Waals surface area contributed by atoms with E-state index in [1.807, 2.05) is 6.07 Å². The lowest BCUT2D eigenvalue weighted by Crippen LogP contribution is -2.59. The van der Waals surface area contributed by atoms with Gasteiger partial charge in [-0.05, 0) is 194 Å². The van der Waals surface area contributed by atoms with Crippen LogP contribution in [0.5, 0.6) is 11.5 Å². The molecule has 0 spiro atoms. The van der Waals surface area contributed by atoms with Crippen molar-refractivity contribution in [3.05, 3.63) is 289 Å². The van der Waals surface area contributed by atoms with Crippen molar-refractivity contribution >= 4 is 84.0 Å². The molecule has 2 aromatic heterocycles. The molecular formula is C98H88BNO3. The van der Waals surface area contributed by atoms with Gasteiger partial charge >= 0.3 is 0 Å². The van der Waals surface area contributed by atoms with Crippen LogP contribution in [0.25, 0.3) is 122 Å². The summed E-state index contributed by atoms with van der Waals surface area (Å²) in [5.74, 6) is 1.67. The molecule has 0 unspecified atom stereocenters. The minimum atomic E-state index is -0.279. The second-order valence-corrected chi connectivity index (χ2v) is 34.1. The van der Waals surface area contributed by atoms with Gasteiger partial charge in [0.05, 0.1) is 5.69 Å². The summed E-state index contributed by atoms with van der Waals surface area (Å²) in [7, 11) is 0. The Bertz CT molecular complexity index is 5790. The van der Waals surface area contributed by atoms with Crippen molar-refractivity contribution in [2.24, 2.45) is 0 Å². The zero-order valence-corrected chi connectivity index (χ0v) is 62.1. The Morgan fingerprint density at radius 2 is 0.728 bits per heavy atom. The zero-order valence-electron chi connectivity index (χ0n) is 62.1. The molecule has 13 aromatic carbocycles. The molecule has 15 aromatic rings. The monoisotopic (exact) mass is 1340 g/mol. The van der Waals surface area contributed by atoms with Gasteiger partial charge < -0.3 is 18.5 Å². The number of rotatable bonds is 8. The summed E-state index contributed by atoms with van der Waals surface area (Å²) in [6.07, 6.45) is 0. The Hall–Kier alpha value is -10.9. The maximum Gasteiger partial charge on any atom is 0.256 e. The maximum atomic E-state index is 8.19. The number of anilines is 3. The molecule has 0 bridgehead atoms. The summed E-state index contributed by atoms with van der Waals surface area (Å²) < 4.78 is 21.7. The number of para-hydroxylation sites is 2. The number of fused-ring (bicyclic) bond motifs is 10. The molecule has 2 aliphatic rings. The van der Waals surface area contributed by atoms with E-state index in [-0.39, 0.29) is 33.8 Å². The Balaban J connectivity index is 1.03. The van der Waals surface area contributed by atoms with Crippen LogP contribution in [-0.2, 0) is 27.1 Å². The molecule has 2 aliphatic heterocycles. The molecule has 0 saturated heterocycles. The molecule has 0 saturated carbocycles. The smallest absolute Gasteiger partial charge is 0.256 e. The fraction of sp³-hybridized carbons (Fsp3) is 0.204. The lowest BCUT2D eigenvalue weighted by atomic mass is 9.34. The van der Waals surface area contributed by atoms with Crippen molar-refractivity contribution in [1.29, 1.82) is 0 Å². The Morgan fingerprint density at radius 1 is 0.282 bits per heavy atom. The Kier molecular flexibility index (Phi) is 15.2. The van der Waals surface area contributed by atoms with Gasteiger partial charge in [0.1, 0.15) is 33.8 Å². The minimum absolute atomic E-state index is 0.110. The largest absolute Gasteiger partial charge is 0.458 e. The van der Waals surface area contributed by atoms with Gasteiger partial charge in [0.2, 0.25) is 0 Å². The molecule has 5 heteroatoms. The number of nitrogens with zero attached hydrogens (tertiary/aromatic N) is 1. The van der Waals surface area contributed by atoms with Gasteiger partial charge in [-0.3, -0.25) is 0 Å². The van der Waals surface area contributed by atoms with Crippen molar-refractivity contribution in [1.82, 2.24) is 0 Å². The predicted octanol–water partition coefficient (Wildman–Crippen LogP) is 26.0. The van der Waals surface area contributed by atoms with E-state index < -0.39 is 0 Å². The molecule has 0 radical (unpaired) electrons. The lowest BCUT2D eigenvalue weighted by Gasteiger charge is -2.42. The van der Waals surface area contributed by atoms with Gasteiger partial charge in [-0.15, -0.1) is 0 Å². The molecule has 0 aliphatic carbocycles. The highest BCUT2D eigenvalue weighted by molar-refractivity contribution is 6.99. The highest BCUT2D eigenvalue weighted by atomic mass is 16.5. The quantitative estimate of drug-likeness (QED) is 0.142. The van der Waals surface area contributed by atoms with Gasteiger partial charge in [-0.2, -0.15) is 0 Å². The van der Waals surface area contributed by atoms with E-state index in [1.165, 1.54) is 44.4 Å². The molecule has 0 atom stereocenters. The first-order valence-electron chi connectivity index (χ1n) is 36.7. The summed E-state index contributed by atoms with van der Waals surface area (Å²) in [5.41, 5.74) is 31.3. The molecule has 4 nitrogen and oxygen atoms in total. The van der Waals surface area contributed by atoms with Crippen LogP contribution in [0.1, 0.15) is 132 Å². The Labute approximate surface area is 607 Å². The van der Waals surface area contributed by atoms with Crippen LogP contribution in [0, 0.1) is 0 Å². The summed E-state index contributed by atoms with van der Waals surface area (Å²) in [4.78, 5) is 2.66. The van der Waals surface area contributed by atoms with E-state index in [4.69, 9.17) is 13.6 Å². The molecule has 103 heavy (non-hydrogen) atoms. The van der Waals surface area contributed by atoms with Crippen LogP contribution >= 0.6 is 0 Å². The first-order chi connectivity index (χ1) is 49.2. The first kappa shape index (κ1) is 65.4. The second-order valence-electron chi connectivity index (χ2n) is 34.1. The van der Waals surface area contributed by atoms with E-state index in [0.717, 1.165) is 150 Å². The zero-order chi connectivity index (χ0) is 71.4. The molecule has 0 N–H and O–H groups in total. The second kappa shape index (κ2) is 23.9. The van der Waals surface area contributed by atoms with E-state index >= 15 is 0 Å². The van der Waals surface area contributed by atoms with Crippen LogP contribution in [0.3, 0.4) is 0 Å². The molecule has 4 heterocycles. The third kappa shape index (κ3) is 11.4. The standard InChI is InChI=1S/C98H88BNO3/c1-94(2,3)68-45-64(46-69(55-68)95(4,5)6)62-39-42-81-83(52-62)100(91-76(59-29-19-16-20-30-59)57-72(98(13,14)15)58-77(91)60-31-21-17-22-32-60)84-53-66(65-50-78(92-80(51-65)75-36-26-28-38-86(75)102-92)63-40-44-87-79(49-63)74-35-25-27-37-85(74)101-87)54-88-90(84)99(81)82-43-41-73(89(93(82)103-88)61-33-23-18-24-34-61)67-47-70(96(7,8)9)56-71(48-67)97(10,11)12/h16-58H,1-15H3. The average molecular weight is 1340 g/mol. The van der Waals surface area contributed by atoms with Crippen molar-refractivity contribution in [3.63, 3.8) is 0 Å². The van der Waals surface area contributed by atoms with Crippen molar-refractivity contribution in [2.45, 2.75) is 131 Å². The highest BCUT2D eigenvalue weighted by Gasteiger charge is 2.45. The molecular weight excluding hydrogens is 1250 g/mol. The SMILES string of the molecule is CC(C)(C)c1cc(-c2ccc3c(c2)N(c2c(-c4ccccc4)cc(C(C)(C)C)cc2-c2ccccc2)c2cc(-c4cc(-c5ccc6oc7ccccc7c6c5)c5oc6ccccc6c5c4)cc4c2B3c2ccc(-c3cc(C(C)(C)C)cc(C(C)(C)C)c3)c(-c3ccccc3)c2O4)cc(C(C)(C)C)c1. The van der Waals surface area contributed by atoms with E-state index in [2.05, 4.69) is 364 Å². The van der Waals surface area contributed by atoms with Crippen molar-refractivity contribution in [2.75, 3.05) is 4.90 Å². The Morgan fingerprint density at radius 3 is 1.30 bits per heavy atom. The van der Waals surface area contributed by atoms with Gasteiger partial charge in [0.15, 0.2) is 0 Å². The van der Waals surface area contributed by atoms with Gasteiger partial charge in [0, 0.05) is 55.2 Å². The number of benzene rings is 13. The van der Waals surface area contributed by atoms with E-state index in [0.29, 0.717) is 0 Å². The van der Waals surface area contributed by atoms with Gasteiger partial charge in [-0.25, -0.2) is 0 Å². The highest BCUT2D eigenvalue weighted by Crippen LogP contribution is 2.54. The number of hydrogen-bond acceptors (Lipinski definition) is 4. The molecule has 0 fully saturated rings. The summed E-state index contributed by atoms with van der Waals surface area (Å²) in [6, 6.07) is 98.0. The van der Waals surface area contributed by atoms with Gasteiger partial charge in [0.25, 0.3) is 6.71 Å². The summed E-state index contributed by atoms with van der Waals surface area (Å²) in [5, 5.41) is 4.22. The van der Waals surface area contributed by atoms with Crippen LogP contribution in [0.2, 0.25) is 0 Å². The number of ether oxygens (including phenoxy) is 1. The van der Waals surface area contributed by atoms with Crippen LogP contribution < -0.4 is 26.0 Å². The molecule has 506 valence electrons. The van der Waals surface area contributed by atoms with Crippen LogP contribution in [0.15, 0.2) is 270 Å². The third-order valence-corrected chi connectivity index (χ3v) is 21.8. The number of hydrogen-bond donors (Lipinski definition) is 0. The van der Waals surface area contributed by atoms with Crippen LogP contribution in [0.4, 0.5) is 17.1 Å². The topological polar surface area (TPSA) is 38.8 Å². The van der Waals surface area contributed by atoms with E-state index in [9.17, 15) is 0 Å². The number of furan rings is 2. The fourth-order valence-corrected chi connectivity index (χ4v) is 15.9.